The number of hydrogen-bond acceptors (Lipinski definition) is 2. The van der Waals surface area contributed by atoms with Gasteiger partial charge in [0.1, 0.15) is 11.4 Å². The smallest absolute Gasteiger partial charge is 0.415 e. The first-order valence-electron chi connectivity index (χ1n) is 8.18. The van der Waals surface area contributed by atoms with Crippen LogP contribution in [0.15, 0.2) is 48.5 Å². The van der Waals surface area contributed by atoms with Gasteiger partial charge in [-0.05, 0) is 62.9 Å². The third kappa shape index (κ3) is 3.58. The second-order valence-corrected chi connectivity index (χ2v) is 7.17. The molecular weight excluding hydrogens is 305 g/mol. The van der Waals surface area contributed by atoms with Crippen LogP contribution < -0.4 is 4.90 Å². The number of anilines is 1. The highest BCUT2D eigenvalue weighted by molar-refractivity contribution is 5.91. The van der Waals surface area contributed by atoms with E-state index >= 15 is 0 Å². The van der Waals surface area contributed by atoms with Crippen molar-refractivity contribution >= 4 is 11.8 Å². The molecule has 0 saturated heterocycles. The Morgan fingerprint density at radius 1 is 1.17 bits per heavy atom. The molecule has 0 N–H and O–H groups in total. The Kier molecular flexibility index (Phi) is 4.31. The van der Waals surface area contributed by atoms with E-state index in [0.29, 0.717) is 6.42 Å². The van der Waals surface area contributed by atoms with Crippen molar-refractivity contribution in [2.45, 2.75) is 45.3 Å². The van der Waals surface area contributed by atoms with Gasteiger partial charge in [0.05, 0.1) is 5.69 Å². The van der Waals surface area contributed by atoms with E-state index < -0.39 is 5.60 Å². The Morgan fingerprint density at radius 3 is 2.50 bits per heavy atom. The number of amides is 1. The molecule has 126 valence electrons. The molecule has 24 heavy (non-hydrogen) atoms. The lowest BCUT2D eigenvalue weighted by Crippen LogP contribution is -2.42. The molecule has 3 nitrogen and oxygen atoms in total. The van der Waals surface area contributed by atoms with E-state index in [1.807, 2.05) is 45.0 Å². The van der Waals surface area contributed by atoms with Crippen LogP contribution in [0.4, 0.5) is 14.9 Å². The second-order valence-electron chi connectivity index (χ2n) is 7.17. The predicted octanol–water partition coefficient (Wildman–Crippen LogP) is 4.73. The van der Waals surface area contributed by atoms with Gasteiger partial charge in [0.2, 0.25) is 0 Å². The first kappa shape index (κ1) is 16.5. The van der Waals surface area contributed by atoms with Crippen LogP contribution in [0.25, 0.3) is 0 Å². The number of halogens is 1. The molecule has 1 atom stereocenters. The molecule has 2 aromatic carbocycles. The lowest BCUT2D eigenvalue weighted by atomic mass is 10.0. The van der Waals surface area contributed by atoms with Crippen LogP contribution >= 0.6 is 0 Å². The Morgan fingerprint density at radius 2 is 1.83 bits per heavy atom. The largest absolute Gasteiger partial charge is 0.443 e. The summed E-state index contributed by atoms with van der Waals surface area (Å²) in [5.74, 6) is -0.252. The molecule has 0 aliphatic carbocycles. The van der Waals surface area contributed by atoms with Crippen LogP contribution in [-0.4, -0.2) is 17.7 Å². The molecule has 2 aromatic rings. The van der Waals surface area contributed by atoms with Gasteiger partial charge < -0.3 is 4.74 Å². The maximum atomic E-state index is 13.1. The summed E-state index contributed by atoms with van der Waals surface area (Å²) in [5.41, 5.74) is 2.49. The Hall–Kier alpha value is -2.36. The van der Waals surface area contributed by atoms with Gasteiger partial charge in [0, 0.05) is 6.04 Å². The summed E-state index contributed by atoms with van der Waals surface area (Å²) in [5, 5.41) is 0. The Bertz CT molecular complexity index is 734. The number of nitrogens with zero attached hydrogens (tertiary/aromatic N) is 1. The molecule has 0 aromatic heterocycles. The predicted molar refractivity (Wildman–Crippen MR) is 92.8 cm³/mol. The van der Waals surface area contributed by atoms with Crippen LogP contribution in [0.2, 0.25) is 0 Å². The highest BCUT2D eigenvalue weighted by atomic mass is 19.1. The molecule has 0 unspecified atom stereocenters. The van der Waals surface area contributed by atoms with Crippen molar-refractivity contribution < 1.29 is 13.9 Å². The summed E-state index contributed by atoms with van der Waals surface area (Å²) in [6, 6.07) is 14.3. The minimum atomic E-state index is -0.547. The number of rotatable bonds is 2. The van der Waals surface area contributed by atoms with E-state index in [-0.39, 0.29) is 18.0 Å². The first-order valence-corrected chi connectivity index (χ1v) is 8.18. The summed E-state index contributed by atoms with van der Waals surface area (Å²) < 4.78 is 18.7. The first-order chi connectivity index (χ1) is 11.3. The summed E-state index contributed by atoms with van der Waals surface area (Å²) >= 11 is 0. The molecule has 1 heterocycles. The van der Waals surface area contributed by atoms with Crippen LogP contribution in [0.5, 0.6) is 0 Å². The van der Waals surface area contributed by atoms with Gasteiger partial charge in [-0.15, -0.1) is 0 Å². The van der Waals surface area contributed by atoms with Crippen molar-refractivity contribution in [3.63, 3.8) is 0 Å². The van der Waals surface area contributed by atoms with Crippen LogP contribution in [0.1, 0.15) is 31.9 Å². The van der Waals surface area contributed by atoms with Gasteiger partial charge in [-0.25, -0.2) is 9.18 Å². The zero-order valence-electron chi connectivity index (χ0n) is 14.3. The van der Waals surface area contributed by atoms with Crippen LogP contribution in [0, 0.1) is 5.82 Å². The van der Waals surface area contributed by atoms with Crippen molar-refractivity contribution in [1.82, 2.24) is 0 Å². The standard InChI is InChI=1S/C20H22FNO2/c1-20(2,3)24-19(23)22-17(12-14-8-10-16(21)11-9-14)13-15-6-4-5-7-18(15)22/h4-11,17H,12-13H2,1-3H3/t17-/m0/s1. The molecule has 1 aliphatic rings. The fourth-order valence-corrected chi connectivity index (χ4v) is 3.07. The lowest BCUT2D eigenvalue weighted by Gasteiger charge is -2.29. The summed E-state index contributed by atoms with van der Waals surface area (Å²) in [7, 11) is 0. The number of hydrogen-bond donors (Lipinski definition) is 0. The maximum absolute atomic E-state index is 13.1. The average molecular weight is 327 g/mol. The van der Waals surface area contributed by atoms with Crippen LogP contribution in [-0.2, 0) is 17.6 Å². The fourth-order valence-electron chi connectivity index (χ4n) is 3.07. The zero-order valence-corrected chi connectivity index (χ0v) is 14.3. The van der Waals surface area contributed by atoms with Crippen molar-refractivity contribution in [1.29, 1.82) is 0 Å². The number of ether oxygens (including phenoxy) is 1. The normalized spacial score (nSPS) is 16.8. The molecule has 1 amide bonds. The quantitative estimate of drug-likeness (QED) is 0.798. The van der Waals surface area contributed by atoms with E-state index in [2.05, 4.69) is 0 Å². The number of para-hydroxylation sites is 1. The molecular formula is C20H22FNO2. The molecule has 0 saturated carbocycles. The Labute approximate surface area is 142 Å². The summed E-state index contributed by atoms with van der Waals surface area (Å²) in [6.07, 6.45) is 1.10. The number of benzene rings is 2. The molecule has 1 aliphatic heterocycles. The van der Waals surface area contributed by atoms with Gasteiger partial charge in [-0.3, -0.25) is 4.90 Å². The third-order valence-corrected chi connectivity index (χ3v) is 4.05. The summed E-state index contributed by atoms with van der Waals surface area (Å²) in [6.45, 7) is 5.59. The Balaban J connectivity index is 1.87. The second kappa shape index (κ2) is 6.27. The molecule has 0 bridgehead atoms. The summed E-state index contributed by atoms with van der Waals surface area (Å²) in [4.78, 5) is 14.5. The lowest BCUT2D eigenvalue weighted by molar-refractivity contribution is 0.0570. The minimum Gasteiger partial charge on any atom is -0.443 e. The molecule has 0 fully saturated rings. The average Bonchev–Trinajstić information content (AvgIpc) is 2.85. The van der Waals surface area contributed by atoms with E-state index in [9.17, 15) is 9.18 Å². The molecule has 4 heteroatoms. The minimum absolute atomic E-state index is 0.0253. The topological polar surface area (TPSA) is 29.5 Å². The van der Waals surface area contributed by atoms with Crippen molar-refractivity contribution in [2.24, 2.45) is 0 Å². The number of carbonyl (C=O) groups excluding carboxylic acids is 1. The van der Waals surface area contributed by atoms with Gasteiger partial charge in [-0.2, -0.15) is 0 Å². The SMILES string of the molecule is CC(C)(C)OC(=O)N1c2ccccc2C[C@@H]1Cc1ccc(F)cc1. The zero-order chi connectivity index (χ0) is 17.3. The van der Waals surface area contributed by atoms with E-state index in [1.165, 1.54) is 12.1 Å². The van der Waals surface area contributed by atoms with Crippen molar-refractivity contribution in [2.75, 3.05) is 4.90 Å². The van der Waals surface area contributed by atoms with Gasteiger partial charge >= 0.3 is 6.09 Å². The van der Waals surface area contributed by atoms with Gasteiger partial charge in [-0.1, -0.05) is 30.3 Å². The van der Waals surface area contributed by atoms with Gasteiger partial charge in [0.15, 0.2) is 0 Å². The van der Waals surface area contributed by atoms with E-state index in [1.54, 1.807) is 17.0 Å². The van der Waals surface area contributed by atoms with E-state index in [4.69, 9.17) is 4.74 Å². The highest BCUT2D eigenvalue weighted by Crippen LogP contribution is 2.34. The monoisotopic (exact) mass is 327 g/mol. The number of carbonyl (C=O) groups is 1. The maximum Gasteiger partial charge on any atom is 0.415 e. The molecule has 0 spiro atoms. The number of fused-ring (bicyclic) bond motifs is 1. The highest BCUT2D eigenvalue weighted by Gasteiger charge is 2.36. The third-order valence-electron chi connectivity index (χ3n) is 4.05. The molecule has 0 radical (unpaired) electrons. The van der Waals surface area contributed by atoms with Crippen molar-refractivity contribution in [3.05, 3.63) is 65.5 Å². The van der Waals surface area contributed by atoms with Crippen LogP contribution in [0.3, 0.4) is 0 Å². The fraction of sp³-hybridized carbons (Fsp3) is 0.350. The van der Waals surface area contributed by atoms with Crippen molar-refractivity contribution in [3.8, 4) is 0 Å². The molecule has 3 rings (SSSR count). The van der Waals surface area contributed by atoms with Gasteiger partial charge in [0.25, 0.3) is 0 Å². The van der Waals surface area contributed by atoms with E-state index in [0.717, 1.165) is 23.2 Å².